The predicted molar refractivity (Wildman–Crippen MR) is 134 cm³/mol. The van der Waals surface area contributed by atoms with E-state index in [0.29, 0.717) is 11.1 Å². The molecule has 0 bridgehead atoms. The summed E-state index contributed by atoms with van der Waals surface area (Å²) in [6.45, 7) is 0. The highest BCUT2D eigenvalue weighted by atomic mass is 16.5. The van der Waals surface area contributed by atoms with Crippen molar-refractivity contribution in [1.82, 2.24) is 0 Å². The van der Waals surface area contributed by atoms with Crippen LogP contribution >= 0.6 is 0 Å². The van der Waals surface area contributed by atoms with E-state index in [9.17, 15) is 9.90 Å². The molecule has 0 aliphatic heterocycles. The number of ether oxygens (including phenoxy) is 1. The summed E-state index contributed by atoms with van der Waals surface area (Å²) in [6, 6.07) is 31.2. The van der Waals surface area contributed by atoms with Gasteiger partial charge in [-0.05, 0) is 73.8 Å². The average molecular weight is 428 g/mol. The minimum absolute atomic E-state index is 0.00601. The van der Waals surface area contributed by atoms with Crippen molar-refractivity contribution in [2.24, 2.45) is 0 Å². The monoisotopic (exact) mass is 428 g/mol. The molecule has 0 fully saturated rings. The standard InChI is InChI=1S/C30H20O3/c1-33-21-6-4-5-20(17-21)22-13-9-18-11-15-24-25(30(32)26-7-2-3-8-27(26)31)16-12-19-10-14-23(22)28(18)29(19)24/h2-17,31H,1H3. The van der Waals surface area contributed by atoms with E-state index in [-0.39, 0.29) is 11.5 Å². The second kappa shape index (κ2) is 7.35. The molecule has 0 radical (unpaired) electrons. The zero-order valence-corrected chi connectivity index (χ0v) is 18.0. The second-order valence-corrected chi connectivity index (χ2v) is 8.23. The van der Waals surface area contributed by atoms with Gasteiger partial charge in [0, 0.05) is 5.56 Å². The molecule has 33 heavy (non-hydrogen) atoms. The number of rotatable bonds is 4. The quantitative estimate of drug-likeness (QED) is 0.239. The highest BCUT2D eigenvalue weighted by Gasteiger charge is 2.19. The van der Waals surface area contributed by atoms with Crippen molar-refractivity contribution in [3.8, 4) is 22.6 Å². The molecule has 0 amide bonds. The number of carbonyl (C=O) groups is 1. The third-order valence-electron chi connectivity index (χ3n) is 6.44. The Labute approximate surface area is 190 Å². The van der Waals surface area contributed by atoms with Crippen molar-refractivity contribution in [2.45, 2.75) is 0 Å². The van der Waals surface area contributed by atoms with E-state index in [1.165, 1.54) is 0 Å². The minimum Gasteiger partial charge on any atom is -0.507 e. The molecule has 158 valence electrons. The van der Waals surface area contributed by atoms with Crippen LogP contribution < -0.4 is 4.74 Å². The maximum Gasteiger partial charge on any atom is 0.197 e. The summed E-state index contributed by atoms with van der Waals surface area (Å²) in [5.41, 5.74) is 3.10. The molecule has 6 rings (SSSR count). The first kappa shape index (κ1) is 19.3. The first-order valence-electron chi connectivity index (χ1n) is 10.8. The van der Waals surface area contributed by atoms with E-state index in [4.69, 9.17) is 4.74 Å². The zero-order chi connectivity index (χ0) is 22.5. The van der Waals surface area contributed by atoms with Gasteiger partial charge in [-0.2, -0.15) is 0 Å². The van der Waals surface area contributed by atoms with Gasteiger partial charge in [-0.1, -0.05) is 66.7 Å². The molecule has 0 heterocycles. The normalized spacial score (nSPS) is 11.4. The van der Waals surface area contributed by atoms with Crippen molar-refractivity contribution in [2.75, 3.05) is 7.11 Å². The average Bonchev–Trinajstić information content (AvgIpc) is 2.87. The predicted octanol–water partition coefficient (Wildman–Crippen LogP) is 7.20. The summed E-state index contributed by atoms with van der Waals surface area (Å²) in [5.74, 6) is 0.626. The van der Waals surface area contributed by atoms with Gasteiger partial charge in [-0.15, -0.1) is 0 Å². The second-order valence-electron chi connectivity index (χ2n) is 8.23. The molecule has 3 nitrogen and oxygen atoms in total. The fraction of sp³-hybridized carbons (Fsp3) is 0.0333. The fourth-order valence-corrected chi connectivity index (χ4v) is 4.85. The zero-order valence-electron chi connectivity index (χ0n) is 18.0. The number of phenolic OH excluding ortho intramolecular Hbond substituents is 1. The number of benzene rings is 6. The Morgan fingerprint density at radius 1 is 0.697 bits per heavy atom. The van der Waals surface area contributed by atoms with Crippen LogP contribution in [0.3, 0.4) is 0 Å². The van der Waals surface area contributed by atoms with Gasteiger partial charge in [0.1, 0.15) is 11.5 Å². The maximum absolute atomic E-state index is 13.4. The van der Waals surface area contributed by atoms with Crippen LogP contribution in [0.4, 0.5) is 0 Å². The van der Waals surface area contributed by atoms with Crippen LogP contribution in [-0.4, -0.2) is 18.0 Å². The van der Waals surface area contributed by atoms with Gasteiger partial charge >= 0.3 is 0 Å². The van der Waals surface area contributed by atoms with Gasteiger partial charge in [-0.3, -0.25) is 4.79 Å². The number of carbonyl (C=O) groups excluding carboxylic acids is 1. The van der Waals surface area contributed by atoms with Crippen molar-refractivity contribution in [3.05, 3.63) is 108 Å². The van der Waals surface area contributed by atoms with E-state index in [0.717, 1.165) is 49.2 Å². The molecule has 0 unspecified atom stereocenters. The summed E-state index contributed by atoms with van der Waals surface area (Å²) in [5, 5.41) is 16.7. The maximum atomic E-state index is 13.4. The fourth-order valence-electron chi connectivity index (χ4n) is 4.85. The van der Waals surface area contributed by atoms with Crippen LogP contribution in [0.5, 0.6) is 11.5 Å². The smallest absolute Gasteiger partial charge is 0.197 e. The number of ketones is 1. The molecule has 1 N–H and O–H groups in total. The minimum atomic E-state index is -0.181. The number of methoxy groups -OCH3 is 1. The summed E-state index contributed by atoms with van der Waals surface area (Å²) in [4.78, 5) is 13.4. The number of hydrogen-bond acceptors (Lipinski definition) is 3. The first-order valence-corrected chi connectivity index (χ1v) is 10.8. The molecule has 0 aliphatic rings. The molecular formula is C30H20O3. The Balaban J connectivity index is 1.65. The topological polar surface area (TPSA) is 46.5 Å². The lowest BCUT2D eigenvalue weighted by atomic mass is 9.87. The molecule has 0 aliphatic carbocycles. The van der Waals surface area contributed by atoms with Crippen molar-refractivity contribution >= 4 is 38.1 Å². The summed E-state index contributed by atoms with van der Waals surface area (Å²) >= 11 is 0. The van der Waals surface area contributed by atoms with Crippen LogP contribution in [0.1, 0.15) is 15.9 Å². The molecule has 0 atom stereocenters. The van der Waals surface area contributed by atoms with Crippen LogP contribution in [0, 0.1) is 0 Å². The third kappa shape index (κ3) is 2.94. The van der Waals surface area contributed by atoms with Gasteiger partial charge in [0.25, 0.3) is 0 Å². The number of aromatic hydroxyl groups is 1. The van der Waals surface area contributed by atoms with Crippen molar-refractivity contribution in [1.29, 1.82) is 0 Å². The molecule has 0 spiro atoms. The Kier molecular flexibility index (Phi) is 4.30. The van der Waals surface area contributed by atoms with E-state index in [2.05, 4.69) is 36.4 Å². The van der Waals surface area contributed by atoms with Gasteiger partial charge in [0.15, 0.2) is 5.78 Å². The largest absolute Gasteiger partial charge is 0.507 e. The van der Waals surface area contributed by atoms with Crippen molar-refractivity contribution < 1.29 is 14.6 Å². The SMILES string of the molecule is COc1cccc(-c2ccc3ccc4c(C(=O)c5ccccc5O)ccc5ccc2c3c54)c1. The molecule has 0 saturated heterocycles. The number of hydrogen-bond donors (Lipinski definition) is 1. The van der Waals surface area contributed by atoms with Gasteiger partial charge in [0.2, 0.25) is 0 Å². The summed E-state index contributed by atoms with van der Waals surface area (Å²) in [7, 11) is 1.67. The Morgan fingerprint density at radius 2 is 1.39 bits per heavy atom. The van der Waals surface area contributed by atoms with Gasteiger partial charge in [0.05, 0.1) is 12.7 Å². The Bertz CT molecular complexity index is 1680. The molecule has 0 saturated carbocycles. The molecule has 6 aromatic rings. The van der Waals surface area contributed by atoms with E-state index >= 15 is 0 Å². The van der Waals surface area contributed by atoms with Crippen LogP contribution in [0.25, 0.3) is 43.4 Å². The van der Waals surface area contributed by atoms with E-state index in [1.807, 2.05) is 36.4 Å². The van der Waals surface area contributed by atoms with E-state index < -0.39 is 0 Å². The van der Waals surface area contributed by atoms with E-state index in [1.54, 1.807) is 31.4 Å². The third-order valence-corrected chi connectivity index (χ3v) is 6.44. The van der Waals surface area contributed by atoms with Crippen LogP contribution in [0.2, 0.25) is 0 Å². The molecule has 3 heteroatoms. The first-order chi connectivity index (χ1) is 16.2. The van der Waals surface area contributed by atoms with Crippen LogP contribution in [0.15, 0.2) is 97.1 Å². The van der Waals surface area contributed by atoms with Crippen LogP contribution in [-0.2, 0) is 0 Å². The summed E-state index contributed by atoms with van der Waals surface area (Å²) in [6.07, 6.45) is 0. The number of para-hydroxylation sites is 1. The molecular weight excluding hydrogens is 408 g/mol. The van der Waals surface area contributed by atoms with Gasteiger partial charge in [-0.25, -0.2) is 0 Å². The number of phenols is 1. The van der Waals surface area contributed by atoms with Crippen molar-refractivity contribution in [3.63, 3.8) is 0 Å². The lowest BCUT2D eigenvalue weighted by Gasteiger charge is -2.16. The summed E-state index contributed by atoms with van der Waals surface area (Å²) < 4.78 is 5.44. The van der Waals surface area contributed by atoms with Gasteiger partial charge < -0.3 is 9.84 Å². The Hall–Kier alpha value is -4.37. The highest BCUT2D eigenvalue weighted by Crippen LogP contribution is 2.41. The Morgan fingerprint density at radius 3 is 2.18 bits per heavy atom. The molecule has 0 aromatic heterocycles. The lowest BCUT2D eigenvalue weighted by molar-refractivity contribution is 0.103. The lowest BCUT2D eigenvalue weighted by Crippen LogP contribution is -2.03. The highest BCUT2D eigenvalue weighted by molar-refractivity contribution is 6.29. The molecule has 6 aromatic carbocycles.